The third-order valence-electron chi connectivity index (χ3n) is 2.91. The fourth-order valence-electron chi connectivity index (χ4n) is 2.03. The molecule has 1 saturated heterocycles. The number of piperidine rings is 1. The maximum Gasteiger partial charge on any atom is 0.255 e. The Kier molecular flexibility index (Phi) is 5.92. The predicted molar refractivity (Wildman–Crippen MR) is 79.5 cm³/mol. The van der Waals surface area contributed by atoms with Crippen molar-refractivity contribution < 1.29 is 4.79 Å². The highest BCUT2D eigenvalue weighted by Crippen LogP contribution is 2.23. The number of nitrogens with zero attached hydrogens (tertiary/aromatic N) is 1. The van der Waals surface area contributed by atoms with Crippen molar-refractivity contribution in [2.75, 3.05) is 13.1 Å². The molecule has 6 heteroatoms. The minimum atomic E-state index is 0. The van der Waals surface area contributed by atoms with Crippen LogP contribution in [0, 0.1) is 0 Å². The normalized spacial score (nSPS) is 19.3. The molecule has 1 amide bonds. The van der Waals surface area contributed by atoms with E-state index in [-0.39, 0.29) is 24.4 Å². The maximum absolute atomic E-state index is 12.3. The summed E-state index contributed by atoms with van der Waals surface area (Å²) in [6.45, 7) is 1.41. The van der Waals surface area contributed by atoms with Crippen molar-refractivity contribution in [1.82, 2.24) is 4.90 Å². The highest BCUT2D eigenvalue weighted by atomic mass is 79.9. The molecule has 0 unspecified atom stereocenters. The molecule has 3 nitrogen and oxygen atoms in total. The van der Waals surface area contributed by atoms with Gasteiger partial charge in [-0.3, -0.25) is 4.79 Å². The summed E-state index contributed by atoms with van der Waals surface area (Å²) < 4.78 is 0.731. The van der Waals surface area contributed by atoms with Gasteiger partial charge in [0.1, 0.15) is 0 Å². The molecule has 1 fully saturated rings. The first-order valence-corrected chi connectivity index (χ1v) is 6.75. The Morgan fingerprint density at radius 2 is 2.22 bits per heavy atom. The second kappa shape index (κ2) is 6.75. The van der Waals surface area contributed by atoms with E-state index in [0.717, 1.165) is 23.9 Å². The summed E-state index contributed by atoms with van der Waals surface area (Å²) in [5, 5.41) is 0.615. The van der Waals surface area contributed by atoms with Gasteiger partial charge in [-0.05, 0) is 47.0 Å². The van der Waals surface area contributed by atoms with E-state index >= 15 is 0 Å². The van der Waals surface area contributed by atoms with Crippen LogP contribution in [0.4, 0.5) is 0 Å². The van der Waals surface area contributed by atoms with Crippen LogP contribution in [0.3, 0.4) is 0 Å². The van der Waals surface area contributed by atoms with Gasteiger partial charge in [-0.15, -0.1) is 12.4 Å². The molecule has 0 bridgehead atoms. The number of amides is 1. The number of benzene rings is 1. The summed E-state index contributed by atoms with van der Waals surface area (Å²) in [4.78, 5) is 14.1. The zero-order valence-electron chi connectivity index (χ0n) is 9.73. The van der Waals surface area contributed by atoms with Gasteiger partial charge in [-0.1, -0.05) is 11.6 Å². The van der Waals surface area contributed by atoms with Crippen LogP contribution in [0.1, 0.15) is 23.2 Å². The number of rotatable bonds is 1. The molecule has 1 aromatic rings. The monoisotopic (exact) mass is 352 g/mol. The van der Waals surface area contributed by atoms with Gasteiger partial charge in [0.2, 0.25) is 0 Å². The molecule has 1 aliphatic rings. The summed E-state index contributed by atoms with van der Waals surface area (Å²) in [6.07, 6.45) is 1.96. The molecule has 0 spiro atoms. The molecule has 1 aliphatic heterocycles. The van der Waals surface area contributed by atoms with Gasteiger partial charge in [0.15, 0.2) is 0 Å². The van der Waals surface area contributed by atoms with Crippen molar-refractivity contribution in [2.24, 2.45) is 5.73 Å². The van der Waals surface area contributed by atoms with Crippen LogP contribution in [0.2, 0.25) is 5.02 Å². The lowest BCUT2D eigenvalue weighted by atomic mass is 10.1. The first-order valence-electron chi connectivity index (χ1n) is 5.58. The number of carbonyl (C=O) groups excluding carboxylic acids is 1. The van der Waals surface area contributed by atoms with Crippen LogP contribution in [0.25, 0.3) is 0 Å². The number of nitrogens with two attached hydrogens (primary N) is 1. The second-order valence-corrected chi connectivity index (χ2v) is 5.57. The molecule has 0 radical (unpaired) electrons. The SMILES string of the molecule is Cl.N[C@@H]1CCCN(C(=O)c2ccc(Cl)cc2Br)C1. The van der Waals surface area contributed by atoms with Gasteiger partial charge < -0.3 is 10.6 Å². The van der Waals surface area contributed by atoms with Crippen molar-refractivity contribution in [3.8, 4) is 0 Å². The van der Waals surface area contributed by atoms with Gasteiger partial charge in [-0.2, -0.15) is 0 Å². The zero-order chi connectivity index (χ0) is 12.4. The zero-order valence-corrected chi connectivity index (χ0v) is 12.9. The summed E-state index contributed by atoms with van der Waals surface area (Å²) in [5.74, 6) is 0.0173. The number of hydrogen-bond donors (Lipinski definition) is 1. The highest BCUT2D eigenvalue weighted by Gasteiger charge is 2.23. The van der Waals surface area contributed by atoms with Gasteiger partial charge in [0.25, 0.3) is 5.91 Å². The summed E-state index contributed by atoms with van der Waals surface area (Å²) in [7, 11) is 0. The molecule has 18 heavy (non-hydrogen) atoms. The lowest BCUT2D eigenvalue weighted by molar-refractivity contribution is 0.0708. The molecular weight excluding hydrogens is 339 g/mol. The minimum absolute atomic E-state index is 0. The van der Waals surface area contributed by atoms with E-state index in [1.165, 1.54) is 0 Å². The van der Waals surface area contributed by atoms with E-state index in [9.17, 15) is 4.79 Å². The number of hydrogen-bond acceptors (Lipinski definition) is 2. The molecule has 0 aliphatic carbocycles. The maximum atomic E-state index is 12.3. The van der Waals surface area contributed by atoms with E-state index in [4.69, 9.17) is 17.3 Å². The molecule has 0 saturated carbocycles. The largest absolute Gasteiger partial charge is 0.337 e. The van der Waals surface area contributed by atoms with Gasteiger partial charge in [0.05, 0.1) is 5.56 Å². The molecule has 1 aromatic carbocycles. The smallest absolute Gasteiger partial charge is 0.255 e. The van der Waals surface area contributed by atoms with E-state index in [2.05, 4.69) is 15.9 Å². The Hall–Kier alpha value is -0.290. The standard InChI is InChI=1S/C12H14BrClN2O.ClH/c13-11-6-8(14)3-4-10(11)12(17)16-5-1-2-9(15)7-16;/h3-4,6,9H,1-2,5,7,15H2;1H/t9-;/m1./s1. The van der Waals surface area contributed by atoms with Crippen LogP contribution in [-0.2, 0) is 0 Å². The Morgan fingerprint density at radius 3 is 2.83 bits per heavy atom. The quantitative estimate of drug-likeness (QED) is 0.843. The highest BCUT2D eigenvalue weighted by molar-refractivity contribution is 9.10. The topological polar surface area (TPSA) is 46.3 Å². The Balaban J connectivity index is 0.00000162. The van der Waals surface area contributed by atoms with Crippen molar-refractivity contribution in [1.29, 1.82) is 0 Å². The molecule has 1 heterocycles. The van der Waals surface area contributed by atoms with E-state index < -0.39 is 0 Å². The minimum Gasteiger partial charge on any atom is -0.337 e. The van der Waals surface area contributed by atoms with Crippen LogP contribution in [0.15, 0.2) is 22.7 Å². The van der Waals surface area contributed by atoms with Gasteiger partial charge >= 0.3 is 0 Å². The Bertz CT molecular complexity index is 442. The molecule has 100 valence electrons. The van der Waals surface area contributed by atoms with Crippen molar-refractivity contribution >= 4 is 45.8 Å². The summed E-state index contributed by atoms with van der Waals surface area (Å²) >= 11 is 9.22. The van der Waals surface area contributed by atoms with Crippen molar-refractivity contribution in [3.63, 3.8) is 0 Å². The first kappa shape index (κ1) is 15.8. The molecule has 0 aromatic heterocycles. The molecule has 2 N–H and O–H groups in total. The summed E-state index contributed by atoms with van der Waals surface area (Å²) in [5.41, 5.74) is 6.52. The van der Waals surface area contributed by atoms with E-state index in [1.807, 2.05) is 4.90 Å². The van der Waals surface area contributed by atoms with Gasteiger partial charge in [0, 0.05) is 28.6 Å². The lowest BCUT2D eigenvalue weighted by Crippen LogP contribution is -2.45. The number of likely N-dealkylation sites (tertiary alicyclic amines) is 1. The van der Waals surface area contributed by atoms with Crippen molar-refractivity contribution in [2.45, 2.75) is 18.9 Å². The number of carbonyl (C=O) groups is 1. The Morgan fingerprint density at radius 1 is 1.50 bits per heavy atom. The van der Waals surface area contributed by atoms with Crippen LogP contribution >= 0.6 is 39.9 Å². The predicted octanol–water partition coefficient (Wildman–Crippen LogP) is 3.09. The third-order valence-corrected chi connectivity index (χ3v) is 3.80. The molecule has 1 atom stereocenters. The van der Waals surface area contributed by atoms with E-state index in [0.29, 0.717) is 17.1 Å². The van der Waals surface area contributed by atoms with E-state index in [1.54, 1.807) is 18.2 Å². The molecular formula is C12H15BrCl2N2O. The lowest BCUT2D eigenvalue weighted by Gasteiger charge is -2.31. The second-order valence-electron chi connectivity index (χ2n) is 4.28. The Labute approximate surface area is 126 Å². The van der Waals surface area contributed by atoms with Crippen LogP contribution in [0.5, 0.6) is 0 Å². The fourth-order valence-corrected chi connectivity index (χ4v) is 2.88. The first-order chi connectivity index (χ1) is 8.08. The van der Waals surface area contributed by atoms with Crippen LogP contribution < -0.4 is 5.73 Å². The van der Waals surface area contributed by atoms with Crippen LogP contribution in [-0.4, -0.2) is 29.9 Å². The third kappa shape index (κ3) is 3.60. The number of halogens is 3. The average molecular weight is 354 g/mol. The summed E-state index contributed by atoms with van der Waals surface area (Å²) in [6, 6.07) is 5.30. The van der Waals surface area contributed by atoms with Gasteiger partial charge in [-0.25, -0.2) is 0 Å². The average Bonchev–Trinajstić information content (AvgIpc) is 2.28. The molecule has 2 rings (SSSR count). The fraction of sp³-hybridized carbons (Fsp3) is 0.417. The van der Waals surface area contributed by atoms with Crippen molar-refractivity contribution in [3.05, 3.63) is 33.3 Å².